The number of aromatic nitrogens is 1. The predicted molar refractivity (Wildman–Crippen MR) is 84.2 cm³/mol. The smallest absolute Gasteiger partial charge is 0.227 e. The molecule has 2 heterocycles. The fraction of sp³-hybridized carbons (Fsp3) is 0.333. The van der Waals surface area contributed by atoms with Crippen molar-refractivity contribution in [2.75, 3.05) is 19.7 Å². The molecule has 2 atom stereocenters. The van der Waals surface area contributed by atoms with E-state index >= 15 is 0 Å². The van der Waals surface area contributed by atoms with E-state index in [1.807, 2.05) is 12.1 Å². The first-order chi connectivity index (χ1) is 11.2. The molecule has 1 amide bonds. The number of carbonyl (C=O) groups is 1. The summed E-state index contributed by atoms with van der Waals surface area (Å²) >= 11 is 0. The second kappa shape index (κ2) is 6.87. The van der Waals surface area contributed by atoms with Crippen molar-refractivity contribution >= 4 is 5.91 Å². The van der Waals surface area contributed by atoms with Gasteiger partial charge in [-0.2, -0.15) is 0 Å². The van der Waals surface area contributed by atoms with Crippen LogP contribution in [-0.2, 0) is 11.2 Å². The Labute approximate surface area is 134 Å². The lowest BCUT2D eigenvalue weighted by atomic mass is 9.90. The molecule has 1 aliphatic rings. The van der Waals surface area contributed by atoms with Crippen LogP contribution in [0.5, 0.6) is 0 Å². The molecule has 1 aromatic carbocycles. The van der Waals surface area contributed by atoms with Crippen LogP contribution in [0.25, 0.3) is 0 Å². The molecule has 4 nitrogen and oxygen atoms in total. The lowest BCUT2D eigenvalue weighted by Gasteiger charge is -2.17. The van der Waals surface area contributed by atoms with Gasteiger partial charge in [0.05, 0.1) is 6.42 Å². The van der Waals surface area contributed by atoms with Crippen molar-refractivity contribution in [2.24, 2.45) is 5.92 Å². The molecule has 0 radical (unpaired) electrons. The molecule has 23 heavy (non-hydrogen) atoms. The first-order valence-electron chi connectivity index (χ1n) is 7.71. The molecule has 0 aliphatic carbocycles. The molecule has 0 saturated carbocycles. The molecule has 1 aliphatic heterocycles. The van der Waals surface area contributed by atoms with Gasteiger partial charge in [0.2, 0.25) is 5.91 Å². The van der Waals surface area contributed by atoms with Crippen LogP contribution in [-0.4, -0.2) is 40.6 Å². The molecule has 1 fully saturated rings. The molecule has 120 valence electrons. The van der Waals surface area contributed by atoms with Crippen LogP contribution in [0.1, 0.15) is 17.0 Å². The van der Waals surface area contributed by atoms with Crippen LogP contribution in [0.4, 0.5) is 4.39 Å². The van der Waals surface area contributed by atoms with Crippen LogP contribution in [0, 0.1) is 11.7 Å². The number of amides is 1. The van der Waals surface area contributed by atoms with Gasteiger partial charge in [0.1, 0.15) is 5.82 Å². The molecule has 5 heteroatoms. The molecule has 1 saturated heterocycles. The zero-order valence-corrected chi connectivity index (χ0v) is 12.7. The highest BCUT2D eigenvalue weighted by atomic mass is 19.1. The first-order valence-corrected chi connectivity index (χ1v) is 7.71. The van der Waals surface area contributed by atoms with Gasteiger partial charge >= 0.3 is 0 Å². The summed E-state index contributed by atoms with van der Waals surface area (Å²) in [5, 5.41) is 9.62. The molecule has 3 rings (SSSR count). The van der Waals surface area contributed by atoms with E-state index in [4.69, 9.17) is 0 Å². The molecule has 0 unspecified atom stereocenters. The Morgan fingerprint density at radius 2 is 1.96 bits per heavy atom. The number of carbonyl (C=O) groups excluding carboxylic acids is 1. The molecular formula is C18H19FN2O2. The minimum atomic E-state index is -0.357. The van der Waals surface area contributed by atoms with Crippen molar-refractivity contribution in [1.82, 2.24) is 9.88 Å². The minimum Gasteiger partial charge on any atom is -0.396 e. The molecular weight excluding hydrogens is 295 g/mol. The van der Waals surface area contributed by atoms with Gasteiger partial charge in [0.25, 0.3) is 0 Å². The van der Waals surface area contributed by atoms with Gasteiger partial charge in [0, 0.05) is 43.9 Å². The molecule has 2 aromatic rings. The van der Waals surface area contributed by atoms with Gasteiger partial charge < -0.3 is 10.0 Å². The van der Waals surface area contributed by atoms with E-state index in [-0.39, 0.29) is 36.6 Å². The molecule has 0 spiro atoms. The summed E-state index contributed by atoms with van der Waals surface area (Å²) in [6.07, 6.45) is 3.48. The maximum absolute atomic E-state index is 13.7. The monoisotopic (exact) mass is 314 g/mol. The van der Waals surface area contributed by atoms with E-state index in [0.717, 1.165) is 5.56 Å². The highest BCUT2D eigenvalue weighted by Gasteiger charge is 2.35. The summed E-state index contributed by atoms with van der Waals surface area (Å²) < 4.78 is 13.7. The van der Waals surface area contributed by atoms with Crippen molar-refractivity contribution in [1.29, 1.82) is 0 Å². The summed E-state index contributed by atoms with van der Waals surface area (Å²) in [6.45, 7) is 1.07. The second-order valence-electron chi connectivity index (χ2n) is 5.90. The van der Waals surface area contributed by atoms with Crippen molar-refractivity contribution in [3.8, 4) is 0 Å². The van der Waals surface area contributed by atoms with E-state index in [1.54, 1.807) is 35.5 Å². The zero-order valence-electron chi connectivity index (χ0n) is 12.7. The summed E-state index contributed by atoms with van der Waals surface area (Å²) in [5.41, 5.74) is 1.48. The number of hydrogen-bond donors (Lipinski definition) is 1. The molecule has 1 aromatic heterocycles. The van der Waals surface area contributed by atoms with Gasteiger partial charge in [-0.1, -0.05) is 18.2 Å². The second-order valence-corrected chi connectivity index (χ2v) is 5.90. The van der Waals surface area contributed by atoms with Crippen LogP contribution in [0.15, 0.2) is 48.8 Å². The zero-order chi connectivity index (χ0) is 16.2. The van der Waals surface area contributed by atoms with Crippen LogP contribution in [0.2, 0.25) is 0 Å². The Morgan fingerprint density at radius 3 is 2.65 bits per heavy atom. The third-order valence-electron chi connectivity index (χ3n) is 4.46. The number of likely N-dealkylation sites (tertiary alicyclic amines) is 1. The Bertz CT molecular complexity index is 678. The van der Waals surface area contributed by atoms with Crippen molar-refractivity contribution in [2.45, 2.75) is 12.3 Å². The number of aliphatic hydroxyl groups is 1. The SMILES string of the molecule is O=C(Cc1ccccc1F)N1C[C@@H](CO)[C@H](c2ccncc2)C1. The van der Waals surface area contributed by atoms with Crippen LogP contribution in [0.3, 0.4) is 0 Å². The topological polar surface area (TPSA) is 53.4 Å². The van der Waals surface area contributed by atoms with Gasteiger partial charge in [-0.05, 0) is 29.3 Å². The number of benzene rings is 1. The Morgan fingerprint density at radius 1 is 1.22 bits per heavy atom. The highest BCUT2D eigenvalue weighted by Crippen LogP contribution is 2.32. The van der Waals surface area contributed by atoms with E-state index < -0.39 is 0 Å². The fourth-order valence-electron chi connectivity index (χ4n) is 3.16. The fourth-order valence-corrected chi connectivity index (χ4v) is 3.16. The van der Waals surface area contributed by atoms with Gasteiger partial charge in [0.15, 0.2) is 0 Å². The lowest BCUT2D eigenvalue weighted by molar-refractivity contribution is -0.129. The third-order valence-corrected chi connectivity index (χ3v) is 4.46. The van der Waals surface area contributed by atoms with E-state index in [9.17, 15) is 14.3 Å². The van der Waals surface area contributed by atoms with E-state index in [0.29, 0.717) is 18.7 Å². The predicted octanol–water partition coefficient (Wildman–Crippen LogP) is 2.00. The van der Waals surface area contributed by atoms with E-state index in [1.165, 1.54) is 6.07 Å². The maximum atomic E-state index is 13.7. The third kappa shape index (κ3) is 3.40. The quantitative estimate of drug-likeness (QED) is 0.939. The van der Waals surface area contributed by atoms with E-state index in [2.05, 4.69) is 4.98 Å². The van der Waals surface area contributed by atoms with Crippen LogP contribution >= 0.6 is 0 Å². The van der Waals surface area contributed by atoms with Crippen molar-refractivity contribution in [3.05, 3.63) is 65.7 Å². The van der Waals surface area contributed by atoms with Gasteiger partial charge in [-0.25, -0.2) is 4.39 Å². The molecule has 1 N–H and O–H groups in total. The summed E-state index contributed by atoms with van der Waals surface area (Å²) in [7, 11) is 0. The van der Waals surface area contributed by atoms with Crippen molar-refractivity contribution < 1.29 is 14.3 Å². The Kier molecular flexibility index (Phi) is 4.67. The summed E-state index contributed by atoms with van der Waals surface area (Å²) in [6, 6.07) is 10.2. The number of halogens is 1. The largest absolute Gasteiger partial charge is 0.396 e. The minimum absolute atomic E-state index is 0.00182. The average molecular weight is 314 g/mol. The number of nitrogens with zero attached hydrogens (tertiary/aromatic N) is 2. The number of hydrogen-bond acceptors (Lipinski definition) is 3. The lowest BCUT2D eigenvalue weighted by Crippen LogP contribution is -2.30. The normalized spacial score (nSPS) is 20.7. The first kappa shape index (κ1) is 15.6. The van der Waals surface area contributed by atoms with Gasteiger partial charge in [-0.15, -0.1) is 0 Å². The van der Waals surface area contributed by atoms with Crippen LogP contribution < -0.4 is 0 Å². The summed E-state index contributed by atoms with van der Waals surface area (Å²) in [4.78, 5) is 18.2. The maximum Gasteiger partial charge on any atom is 0.227 e. The van der Waals surface area contributed by atoms with Crippen molar-refractivity contribution in [3.63, 3.8) is 0 Å². The number of aliphatic hydroxyl groups excluding tert-OH is 1. The number of rotatable bonds is 4. The standard InChI is InChI=1S/C18H19FN2O2/c19-17-4-2-1-3-14(17)9-18(23)21-10-15(12-22)16(11-21)13-5-7-20-8-6-13/h1-8,15-16,22H,9-12H2/t15-,16-/m0/s1. The molecule has 0 bridgehead atoms. The summed E-state index contributed by atoms with van der Waals surface area (Å²) in [5.74, 6) is -0.371. The number of pyridine rings is 1. The Hall–Kier alpha value is -2.27. The Balaban J connectivity index is 1.72. The highest BCUT2D eigenvalue weighted by molar-refractivity contribution is 5.79. The van der Waals surface area contributed by atoms with Gasteiger partial charge in [-0.3, -0.25) is 9.78 Å². The average Bonchev–Trinajstić information content (AvgIpc) is 3.02.